The SMILES string of the molecule is CCOC(=O)c1n[nH]nc1I. The maximum absolute atomic E-state index is 11.0. The summed E-state index contributed by atoms with van der Waals surface area (Å²) in [5.74, 6) is -0.439. The number of rotatable bonds is 2. The summed E-state index contributed by atoms with van der Waals surface area (Å²) < 4.78 is 5.23. The molecule has 0 aromatic carbocycles. The summed E-state index contributed by atoms with van der Waals surface area (Å²) in [7, 11) is 0. The number of hydrogen-bond donors (Lipinski definition) is 1. The van der Waals surface area contributed by atoms with Crippen LogP contribution in [-0.2, 0) is 4.74 Å². The average Bonchev–Trinajstić information content (AvgIpc) is 2.36. The zero-order chi connectivity index (χ0) is 8.27. The molecule has 0 aliphatic carbocycles. The van der Waals surface area contributed by atoms with Gasteiger partial charge in [-0.25, -0.2) is 4.79 Å². The van der Waals surface area contributed by atoms with E-state index in [0.29, 0.717) is 10.3 Å². The van der Waals surface area contributed by atoms with Gasteiger partial charge in [0.05, 0.1) is 6.61 Å². The Hall–Kier alpha value is -0.660. The molecule has 1 rings (SSSR count). The first-order valence-corrected chi connectivity index (χ1v) is 4.07. The van der Waals surface area contributed by atoms with Crippen LogP contribution in [0.5, 0.6) is 0 Å². The average molecular weight is 267 g/mol. The molecule has 11 heavy (non-hydrogen) atoms. The first-order chi connectivity index (χ1) is 5.25. The normalized spacial score (nSPS) is 9.64. The Morgan fingerprint density at radius 2 is 2.45 bits per heavy atom. The number of ether oxygens (including phenoxy) is 1. The third-order valence-corrected chi connectivity index (χ3v) is 1.73. The van der Waals surface area contributed by atoms with Crippen molar-refractivity contribution < 1.29 is 9.53 Å². The Morgan fingerprint density at radius 1 is 1.73 bits per heavy atom. The van der Waals surface area contributed by atoms with Crippen LogP contribution in [0.25, 0.3) is 0 Å². The number of H-pyrrole nitrogens is 1. The van der Waals surface area contributed by atoms with Crippen molar-refractivity contribution in [3.8, 4) is 0 Å². The van der Waals surface area contributed by atoms with E-state index < -0.39 is 5.97 Å². The molecule has 0 unspecified atom stereocenters. The molecule has 0 saturated carbocycles. The van der Waals surface area contributed by atoms with Crippen LogP contribution in [0, 0.1) is 3.70 Å². The molecule has 1 heterocycles. The molecule has 0 bridgehead atoms. The van der Waals surface area contributed by atoms with Crippen molar-refractivity contribution >= 4 is 28.6 Å². The smallest absolute Gasteiger partial charge is 0.361 e. The molecule has 1 aromatic rings. The van der Waals surface area contributed by atoms with Gasteiger partial charge in [-0.1, -0.05) is 0 Å². The summed E-state index contributed by atoms with van der Waals surface area (Å²) in [5.41, 5.74) is 0.243. The van der Waals surface area contributed by atoms with Crippen molar-refractivity contribution in [2.45, 2.75) is 6.92 Å². The van der Waals surface area contributed by atoms with E-state index >= 15 is 0 Å². The van der Waals surface area contributed by atoms with Crippen molar-refractivity contribution in [3.05, 3.63) is 9.39 Å². The van der Waals surface area contributed by atoms with E-state index in [1.54, 1.807) is 6.92 Å². The van der Waals surface area contributed by atoms with Crippen LogP contribution in [0.3, 0.4) is 0 Å². The second-order valence-electron chi connectivity index (χ2n) is 1.68. The lowest BCUT2D eigenvalue weighted by Crippen LogP contribution is -2.06. The fraction of sp³-hybridized carbons (Fsp3) is 0.400. The minimum absolute atomic E-state index is 0.243. The zero-order valence-corrected chi connectivity index (χ0v) is 7.95. The molecule has 0 atom stereocenters. The van der Waals surface area contributed by atoms with E-state index in [0.717, 1.165) is 0 Å². The summed E-state index contributed by atoms with van der Waals surface area (Å²) >= 11 is 1.90. The quantitative estimate of drug-likeness (QED) is 0.628. The van der Waals surface area contributed by atoms with Gasteiger partial charge in [0.25, 0.3) is 0 Å². The molecule has 1 N–H and O–H groups in total. The number of nitrogens with zero attached hydrogens (tertiary/aromatic N) is 2. The maximum atomic E-state index is 11.0. The summed E-state index contributed by atoms with van der Waals surface area (Å²) in [5, 5.41) is 9.61. The first-order valence-electron chi connectivity index (χ1n) is 2.99. The van der Waals surface area contributed by atoms with Crippen molar-refractivity contribution in [2.75, 3.05) is 6.61 Å². The predicted octanol–water partition coefficient (Wildman–Crippen LogP) is 0.586. The van der Waals surface area contributed by atoms with Crippen LogP contribution in [0.4, 0.5) is 0 Å². The number of esters is 1. The fourth-order valence-electron chi connectivity index (χ4n) is 0.547. The lowest BCUT2D eigenvalue weighted by molar-refractivity contribution is 0.0518. The molecule has 0 aliphatic rings. The second-order valence-corrected chi connectivity index (χ2v) is 2.71. The third-order valence-electron chi connectivity index (χ3n) is 0.974. The maximum Gasteiger partial charge on any atom is 0.361 e. The van der Waals surface area contributed by atoms with Gasteiger partial charge in [-0.3, -0.25) is 0 Å². The lowest BCUT2D eigenvalue weighted by atomic mass is 10.5. The minimum Gasteiger partial charge on any atom is -0.461 e. The van der Waals surface area contributed by atoms with Crippen molar-refractivity contribution in [1.29, 1.82) is 0 Å². The summed E-state index contributed by atoms with van der Waals surface area (Å²) in [4.78, 5) is 11.0. The molecule has 6 heteroatoms. The van der Waals surface area contributed by atoms with Gasteiger partial charge < -0.3 is 4.74 Å². The van der Waals surface area contributed by atoms with Gasteiger partial charge in [0.15, 0.2) is 3.70 Å². The fourth-order valence-corrected chi connectivity index (χ4v) is 0.996. The number of nitrogens with one attached hydrogen (secondary N) is 1. The van der Waals surface area contributed by atoms with Crippen LogP contribution >= 0.6 is 22.6 Å². The van der Waals surface area contributed by atoms with Gasteiger partial charge in [-0.05, 0) is 29.5 Å². The van der Waals surface area contributed by atoms with E-state index in [1.165, 1.54) is 0 Å². The van der Waals surface area contributed by atoms with Gasteiger partial charge in [0, 0.05) is 0 Å². The first kappa shape index (κ1) is 8.44. The molecule has 60 valence electrons. The molecule has 5 nitrogen and oxygen atoms in total. The van der Waals surface area contributed by atoms with Gasteiger partial charge in [-0.2, -0.15) is 5.21 Å². The third kappa shape index (κ3) is 1.88. The van der Waals surface area contributed by atoms with Crippen molar-refractivity contribution in [2.24, 2.45) is 0 Å². The van der Waals surface area contributed by atoms with E-state index in [-0.39, 0.29) is 5.69 Å². The monoisotopic (exact) mass is 267 g/mol. The Bertz CT molecular complexity index is 260. The predicted molar refractivity (Wildman–Crippen MR) is 45.1 cm³/mol. The number of carbonyl (C=O) groups is 1. The van der Waals surface area contributed by atoms with Crippen LogP contribution in [0.15, 0.2) is 0 Å². The van der Waals surface area contributed by atoms with Crippen molar-refractivity contribution in [3.63, 3.8) is 0 Å². The van der Waals surface area contributed by atoms with E-state index in [1.807, 2.05) is 22.6 Å². The van der Waals surface area contributed by atoms with Crippen LogP contribution < -0.4 is 0 Å². The Balaban J connectivity index is 2.76. The van der Waals surface area contributed by atoms with Gasteiger partial charge in [-0.15, -0.1) is 10.2 Å². The second kappa shape index (κ2) is 3.65. The number of carbonyl (C=O) groups excluding carboxylic acids is 1. The Kier molecular flexibility index (Phi) is 2.80. The van der Waals surface area contributed by atoms with Gasteiger partial charge >= 0.3 is 5.97 Å². The molecule has 0 radical (unpaired) electrons. The highest BCUT2D eigenvalue weighted by atomic mass is 127. The van der Waals surface area contributed by atoms with Crippen LogP contribution in [0.2, 0.25) is 0 Å². The zero-order valence-electron chi connectivity index (χ0n) is 5.80. The Labute approximate surface area is 76.6 Å². The number of hydrogen-bond acceptors (Lipinski definition) is 4. The van der Waals surface area contributed by atoms with Crippen LogP contribution in [0.1, 0.15) is 17.4 Å². The molecule has 0 saturated heterocycles. The minimum atomic E-state index is -0.439. The highest BCUT2D eigenvalue weighted by Gasteiger charge is 2.14. The number of aromatic amines is 1. The summed E-state index contributed by atoms with van der Waals surface area (Å²) in [6.45, 7) is 2.09. The van der Waals surface area contributed by atoms with E-state index in [4.69, 9.17) is 4.74 Å². The largest absolute Gasteiger partial charge is 0.461 e. The Morgan fingerprint density at radius 3 is 2.91 bits per heavy atom. The molecule has 0 aliphatic heterocycles. The van der Waals surface area contributed by atoms with E-state index in [9.17, 15) is 4.79 Å². The topological polar surface area (TPSA) is 67.9 Å². The molecule has 0 spiro atoms. The molecule has 0 fully saturated rings. The molecule has 0 amide bonds. The molecular formula is C5H6IN3O2. The highest BCUT2D eigenvalue weighted by molar-refractivity contribution is 14.1. The summed E-state index contributed by atoms with van der Waals surface area (Å²) in [6.07, 6.45) is 0. The van der Waals surface area contributed by atoms with E-state index in [2.05, 4.69) is 15.4 Å². The van der Waals surface area contributed by atoms with Gasteiger partial charge in [0.1, 0.15) is 0 Å². The molecule has 1 aromatic heterocycles. The summed E-state index contributed by atoms with van der Waals surface area (Å²) in [6, 6.07) is 0. The number of halogens is 1. The van der Waals surface area contributed by atoms with Crippen LogP contribution in [-0.4, -0.2) is 28.0 Å². The standard InChI is InChI=1S/C5H6IN3O2/c1-2-11-5(10)3-4(6)8-9-7-3/h2H2,1H3,(H,7,8,9). The van der Waals surface area contributed by atoms with Crippen molar-refractivity contribution in [1.82, 2.24) is 15.4 Å². The lowest BCUT2D eigenvalue weighted by Gasteiger charge is -1.95. The number of aromatic nitrogens is 3. The van der Waals surface area contributed by atoms with Gasteiger partial charge in [0.2, 0.25) is 5.69 Å². The molecular weight excluding hydrogens is 261 g/mol. The highest BCUT2D eigenvalue weighted by Crippen LogP contribution is 2.05.